The Balaban J connectivity index is 1.36. The van der Waals surface area contributed by atoms with Gasteiger partial charge in [-0.2, -0.15) is 5.10 Å². The van der Waals surface area contributed by atoms with Crippen LogP contribution in [0.3, 0.4) is 0 Å². The molecule has 0 radical (unpaired) electrons. The molecule has 1 aliphatic heterocycles. The largest absolute Gasteiger partial charge is 0.350 e. The molecule has 4 rings (SSSR count). The Morgan fingerprint density at radius 2 is 2.11 bits per heavy atom. The van der Waals surface area contributed by atoms with Crippen LogP contribution in [0.25, 0.3) is 5.82 Å². The number of aromatic nitrogens is 6. The molecule has 3 aromatic heterocycles. The van der Waals surface area contributed by atoms with Crippen LogP contribution in [0, 0.1) is 6.92 Å². The second-order valence-electron chi connectivity index (χ2n) is 6.96. The van der Waals surface area contributed by atoms with Gasteiger partial charge in [0.05, 0.1) is 0 Å². The number of rotatable bonds is 5. The van der Waals surface area contributed by atoms with Gasteiger partial charge in [0.15, 0.2) is 0 Å². The Hall–Kier alpha value is -3.23. The van der Waals surface area contributed by atoms with E-state index in [2.05, 4.69) is 20.4 Å². The molecule has 3 aromatic rings. The van der Waals surface area contributed by atoms with E-state index in [1.807, 2.05) is 29.8 Å². The number of carbonyl (C=O) groups excluding carboxylic acids is 1. The first-order chi connectivity index (χ1) is 13.6. The number of nitrogens with one attached hydrogen (secondary N) is 1. The van der Waals surface area contributed by atoms with Gasteiger partial charge >= 0.3 is 5.69 Å². The van der Waals surface area contributed by atoms with Gasteiger partial charge in [-0.25, -0.2) is 19.4 Å². The van der Waals surface area contributed by atoms with Gasteiger partial charge < -0.3 is 5.32 Å². The molecular weight excluding hydrogens is 358 g/mol. The Labute approximate surface area is 162 Å². The predicted octanol–water partition coefficient (Wildman–Crippen LogP) is 0.977. The van der Waals surface area contributed by atoms with Gasteiger partial charge in [0.2, 0.25) is 5.91 Å². The summed E-state index contributed by atoms with van der Waals surface area (Å²) in [4.78, 5) is 33.3. The summed E-state index contributed by atoms with van der Waals surface area (Å²) in [6.07, 6.45) is 9.21. The standard InChI is InChI=1S/C19H23N7O2/c1-14-20-8-10-24(14)16-7-6-15(11-21-16)12-22-18(27)13-26-19(28)25-9-4-2-3-5-17(25)23-26/h6-8,10-11H,2-5,9,12-13H2,1H3,(H,22,27). The van der Waals surface area contributed by atoms with Crippen molar-refractivity contribution in [3.8, 4) is 5.82 Å². The summed E-state index contributed by atoms with van der Waals surface area (Å²) >= 11 is 0. The Morgan fingerprint density at radius 1 is 1.21 bits per heavy atom. The van der Waals surface area contributed by atoms with Crippen LogP contribution in [-0.4, -0.2) is 34.8 Å². The van der Waals surface area contributed by atoms with Crippen molar-refractivity contribution in [3.05, 3.63) is 58.4 Å². The van der Waals surface area contributed by atoms with Gasteiger partial charge in [0.25, 0.3) is 0 Å². The van der Waals surface area contributed by atoms with E-state index in [1.54, 1.807) is 17.0 Å². The maximum atomic E-state index is 12.4. The average molecular weight is 381 g/mol. The minimum atomic E-state index is -0.245. The van der Waals surface area contributed by atoms with E-state index in [-0.39, 0.29) is 18.1 Å². The van der Waals surface area contributed by atoms with Gasteiger partial charge in [0, 0.05) is 38.1 Å². The lowest BCUT2D eigenvalue weighted by molar-refractivity contribution is -0.122. The fraction of sp³-hybridized carbons (Fsp3) is 0.421. The highest BCUT2D eigenvalue weighted by atomic mass is 16.2. The van der Waals surface area contributed by atoms with Crippen LogP contribution in [0.1, 0.15) is 36.5 Å². The second-order valence-corrected chi connectivity index (χ2v) is 6.96. The number of imidazole rings is 1. The fourth-order valence-electron chi connectivity index (χ4n) is 3.40. The highest BCUT2D eigenvalue weighted by Gasteiger charge is 2.17. The summed E-state index contributed by atoms with van der Waals surface area (Å²) < 4.78 is 4.84. The number of carbonyl (C=O) groups is 1. The Bertz CT molecular complexity index is 1030. The molecule has 0 aromatic carbocycles. The summed E-state index contributed by atoms with van der Waals surface area (Å²) in [7, 11) is 0. The molecule has 0 bridgehead atoms. The van der Waals surface area contributed by atoms with Crippen LogP contribution in [0.5, 0.6) is 0 Å². The van der Waals surface area contributed by atoms with Crippen molar-refractivity contribution in [2.24, 2.45) is 0 Å². The third-order valence-electron chi connectivity index (χ3n) is 4.95. The molecular formula is C19H23N7O2. The van der Waals surface area contributed by atoms with E-state index in [9.17, 15) is 9.59 Å². The zero-order valence-corrected chi connectivity index (χ0v) is 15.8. The number of hydrogen-bond donors (Lipinski definition) is 1. The van der Waals surface area contributed by atoms with Crippen LogP contribution in [-0.2, 0) is 30.8 Å². The number of amides is 1. The van der Waals surface area contributed by atoms with Crippen LogP contribution >= 0.6 is 0 Å². The highest BCUT2D eigenvalue weighted by Crippen LogP contribution is 2.10. The summed E-state index contributed by atoms with van der Waals surface area (Å²) in [5, 5.41) is 7.16. The van der Waals surface area contributed by atoms with Crippen molar-refractivity contribution >= 4 is 5.91 Å². The molecule has 28 heavy (non-hydrogen) atoms. The van der Waals surface area contributed by atoms with Gasteiger partial charge in [-0.1, -0.05) is 12.5 Å². The zero-order chi connectivity index (χ0) is 19.5. The molecule has 0 unspecified atom stereocenters. The maximum Gasteiger partial charge on any atom is 0.346 e. The van der Waals surface area contributed by atoms with E-state index in [4.69, 9.17) is 0 Å². The summed E-state index contributed by atoms with van der Waals surface area (Å²) in [5.74, 6) is 2.17. The molecule has 0 fully saturated rings. The molecule has 0 saturated heterocycles. The molecule has 1 N–H and O–H groups in total. The molecule has 0 saturated carbocycles. The fourth-order valence-corrected chi connectivity index (χ4v) is 3.40. The monoisotopic (exact) mass is 381 g/mol. The van der Waals surface area contributed by atoms with Crippen LogP contribution in [0.2, 0.25) is 0 Å². The lowest BCUT2D eigenvalue weighted by atomic mass is 10.2. The quantitative estimate of drug-likeness (QED) is 0.710. The minimum Gasteiger partial charge on any atom is -0.350 e. The van der Waals surface area contributed by atoms with E-state index < -0.39 is 0 Å². The van der Waals surface area contributed by atoms with Crippen LogP contribution in [0.15, 0.2) is 35.5 Å². The highest BCUT2D eigenvalue weighted by molar-refractivity contribution is 5.75. The maximum absolute atomic E-state index is 12.4. The van der Waals surface area contributed by atoms with Gasteiger partial charge in [-0.3, -0.25) is 13.9 Å². The second kappa shape index (κ2) is 7.79. The molecule has 0 aliphatic carbocycles. The Kier molecular flexibility index (Phi) is 5.05. The normalized spacial score (nSPS) is 13.8. The van der Waals surface area contributed by atoms with Crippen molar-refractivity contribution in [2.45, 2.75) is 52.2 Å². The topological polar surface area (TPSA) is 99.6 Å². The van der Waals surface area contributed by atoms with E-state index in [0.29, 0.717) is 13.1 Å². The summed E-state index contributed by atoms with van der Waals surface area (Å²) in [6.45, 7) is 2.87. The van der Waals surface area contributed by atoms with Crippen molar-refractivity contribution in [1.82, 2.24) is 34.2 Å². The van der Waals surface area contributed by atoms with Crippen molar-refractivity contribution in [1.29, 1.82) is 0 Å². The lowest BCUT2D eigenvalue weighted by Crippen LogP contribution is -2.33. The van der Waals surface area contributed by atoms with E-state index in [0.717, 1.165) is 48.7 Å². The van der Waals surface area contributed by atoms with Gasteiger partial charge in [-0.05, 0) is 31.4 Å². The first kappa shape index (κ1) is 18.1. The zero-order valence-electron chi connectivity index (χ0n) is 15.8. The van der Waals surface area contributed by atoms with E-state index in [1.165, 1.54) is 4.68 Å². The van der Waals surface area contributed by atoms with Gasteiger partial charge in [0.1, 0.15) is 24.0 Å². The molecule has 9 heteroatoms. The third kappa shape index (κ3) is 3.73. The SMILES string of the molecule is Cc1nccn1-c1ccc(CNC(=O)Cn2nc3n(c2=O)CCCCC3)cn1. The van der Waals surface area contributed by atoms with Crippen molar-refractivity contribution < 1.29 is 4.79 Å². The molecule has 4 heterocycles. The van der Waals surface area contributed by atoms with Gasteiger partial charge in [-0.15, -0.1) is 0 Å². The average Bonchev–Trinajstić information content (AvgIpc) is 3.15. The number of aryl methyl sites for hydroxylation is 2. The van der Waals surface area contributed by atoms with Crippen LogP contribution < -0.4 is 11.0 Å². The smallest absolute Gasteiger partial charge is 0.346 e. The third-order valence-corrected chi connectivity index (χ3v) is 4.95. The van der Waals surface area contributed by atoms with Crippen molar-refractivity contribution in [3.63, 3.8) is 0 Å². The van der Waals surface area contributed by atoms with Crippen molar-refractivity contribution in [2.75, 3.05) is 0 Å². The summed E-state index contributed by atoms with van der Waals surface area (Å²) in [5.41, 5.74) is 0.677. The first-order valence-corrected chi connectivity index (χ1v) is 9.50. The molecule has 0 spiro atoms. The predicted molar refractivity (Wildman–Crippen MR) is 102 cm³/mol. The number of hydrogen-bond acceptors (Lipinski definition) is 5. The lowest BCUT2D eigenvalue weighted by Gasteiger charge is -2.07. The minimum absolute atomic E-state index is 0.0709. The first-order valence-electron chi connectivity index (χ1n) is 9.50. The molecule has 9 nitrogen and oxygen atoms in total. The number of nitrogens with zero attached hydrogens (tertiary/aromatic N) is 6. The molecule has 146 valence electrons. The summed E-state index contributed by atoms with van der Waals surface area (Å²) in [6, 6.07) is 3.79. The number of pyridine rings is 1. The molecule has 1 amide bonds. The Morgan fingerprint density at radius 3 is 2.86 bits per heavy atom. The molecule has 1 aliphatic rings. The van der Waals surface area contributed by atoms with E-state index >= 15 is 0 Å². The van der Waals surface area contributed by atoms with Crippen LogP contribution in [0.4, 0.5) is 0 Å². The molecule has 0 atom stereocenters. The number of fused-ring (bicyclic) bond motifs is 1.